The van der Waals surface area contributed by atoms with Crippen LogP contribution in [-0.4, -0.2) is 51.7 Å². The molecule has 7 heteroatoms. The Kier molecular flexibility index (Phi) is 8.26. The first-order valence-corrected chi connectivity index (χ1v) is 11.1. The first-order valence-electron chi connectivity index (χ1n) is 11.1. The Morgan fingerprint density at radius 3 is 2.35 bits per heavy atom. The Balaban J connectivity index is 1.42. The molecule has 1 aromatic carbocycles. The molecule has 170 valence electrons. The fourth-order valence-corrected chi connectivity index (χ4v) is 3.89. The molecule has 1 aliphatic carbocycles. The second-order valence-corrected chi connectivity index (χ2v) is 8.20. The number of hydrogen-bond donors (Lipinski definition) is 5. The topological polar surface area (TPSA) is 98.9 Å². The van der Waals surface area contributed by atoms with E-state index in [0.29, 0.717) is 32.5 Å². The van der Waals surface area contributed by atoms with Gasteiger partial charge in [0.15, 0.2) is 11.8 Å². The van der Waals surface area contributed by atoms with Crippen LogP contribution in [0.4, 0.5) is 5.69 Å². The van der Waals surface area contributed by atoms with Crippen molar-refractivity contribution in [3.8, 4) is 17.5 Å². The van der Waals surface area contributed by atoms with Crippen molar-refractivity contribution in [1.82, 2.24) is 9.88 Å². The van der Waals surface area contributed by atoms with Crippen molar-refractivity contribution < 1.29 is 20.1 Å². The molecule has 0 aliphatic heterocycles. The lowest BCUT2D eigenvalue weighted by atomic mass is 10.0. The summed E-state index contributed by atoms with van der Waals surface area (Å²) in [6, 6.07) is 7.83. The first-order chi connectivity index (χ1) is 15.0. The van der Waals surface area contributed by atoms with E-state index < -0.39 is 0 Å². The number of benzene rings is 1. The second-order valence-electron chi connectivity index (χ2n) is 8.20. The number of aromatic nitrogens is 1. The van der Waals surface area contributed by atoms with Crippen LogP contribution in [0.2, 0.25) is 0 Å². The third-order valence-electron chi connectivity index (χ3n) is 5.50. The number of fused-ring (bicyclic) bond motifs is 1. The number of para-hydroxylation sites is 2. The van der Waals surface area contributed by atoms with Crippen LogP contribution in [0.3, 0.4) is 0 Å². The van der Waals surface area contributed by atoms with Crippen molar-refractivity contribution in [3.05, 3.63) is 47.5 Å². The Morgan fingerprint density at radius 1 is 1.03 bits per heavy atom. The third kappa shape index (κ3) is 5.95. The summed E-state index contributed by atoms with van der Waals surface area (Å²) in [7, 11) is 0. The fourth-order valence-electron chi connectivity index (χ4n) is 3.89. The molecule has 0 saturated heterocycles. The Bertz CT molecular complexity index is 844. The number of hydrogen-bond acceptors (Lipinski definition) is 6. The SMILES string of the molecule is CC(C)Oc1ccccc1NCCC(CO)NCCCn1c(O)c2c(c1O)CC=CC2. The molecule has 1 aromatic heterocycles. The maximum Gasteiger partial charge on any atom is 0.197 e. The normalized spacial score (nSPS) is 13.9. The van der Waals surface area contributed by atoms with E-state index in [9.17, 15) is 15.3 Å². The average molecular weight is 430 g/mol. The number of aromatic hydroxyl groups is 2. The summed E-state index contributed by atoms with van der Waals surface area (Å²) in [5, 5.41) is 37.3. The summed E-state index contributed by atoms with van der Waals surface area (Å²) < 4.78 is 7.41. The van der Waals surface area contributed by atoms with Crippen molar-refractivity contribution in [2.75, 3.05) is 25.0 Å². The molecule has 3 rings (SSSR count). The highest BCUT2D eigenvalue weighted by atomic mass is 16.5. The minimum absolute atomic E-state index is 0.0325. The minimum Gasteiger partial charge on any atom is -0.494 e. The van der Waals surface area contributed by atoms with E-state index in [2.05, 4.69) is 10.6 Å². The van der Waals surface area contributed by atoms with Gasteiger partial charge in [0.25, 0.3) is 0 Å². The van der Waals surface area contributed by atoms with Gasteiger partial charge in [-0.05, 0) is 58.2 Å². The molecule has 1 atom stereocenters. The van der Waals surface area contributed by atoms with Gasteiger partial charge >= 0.3 is 0 Å². The van der Waals surface area contributed by atoms with Gasteiger partial charge in [-0.25, -0.2) is 0 Å². The van der Waals surface area contributed by atoms with Crippen LogP contribution >= 0.6 is 0 Å². The van der Waals surface area contributed by atoms with Crippen LogP contribution in [0.1, 0.15) is 37.8 Å². The molecular weight excluding hydrogens is 394 g/mol. The monoisotopic (exact) mass is 429 g/mol. The van der Waals surface area contributed by atoms with E-state index >= 15 is 0 Å². The Morgan fingerprint density at radius 2 is 1.71 bits per heavy atom. The standard InChI is InChI=1S/C24H35N3O4/c1-17(2)31-22-11-6-5-10-21(22)26-14-12-18(16-28)25-13-7-15-27-23(29)19-8-3-4-9-20(19)24(27)30/h3-6,10-11,17-18,25-26,28-30H,7-9,12-16H2,1-2H3. The summed E-state index contributed by atoms with van der Waals surface area (Å²) in [6.45, 7) is 5.96. The van der Waals surface area contributed by atoms with Crippen LogP contribution < -0.4 is 15.4 Å². The lowest BCUT2D eigenvalue weighted by molar-refractivity contribution is 0.236. The van der Waals surface area contributed by atoms with Gasteiger partial charge in [-0.2, -0.15) is 0 Å². The lowest BCUT2D eigenvalue weighted by Gasteiger charge is -2.19. The van der Waals surface area contributed by atoms with Gasteiger partial charge in [0.1, 0.15) is 5.75 Å². The Labute approximate surface area is 184 Å². The first kappa shape index (κ1) is 23.0. The maximum absolute atomic E-state index is 10.4. The van der Waals surface area contributed by atoms with Crippen molar-refractivity contribution in [2.45, 2.75) is 58.2 Å². The number of allylic oxidation sites excluding steroid dienone is 2. The predicted octanol–water partition coefficient (Wildman–Crippen LogP) is 3.18. The molecule has 0 radical (unpaired) electrons. The summed E-state index contributed by atoms with van der Waals surface area (Å²) in [6.07, 6.45) is 6.94. The molecule has 0 bridgehead atoms. The number of anilines is 1. The molecule has 5 N–H and O–H groups in total. The maximum atomic E-state index is 10.4. The summed E-state index contributed by atoms with van der Waals surface area (Å²) >= 11 is 0. The molecule has 0 spiro atoms. The van der Waals surface area contributed by atoms with Crippen LogP contribution in [0.25, 0.3) is 0 Å². The molecule has 31 heavy (non-hydrogen) atoms. The van der Waals surface area contributed by atoms with Crippen molar-refractivity contribution >= 4 is 5.69 Å². The van der Waals surface area contributed by atoms with Crippen LogP contribution in [-0.2, 0) is 19.4 Å². The highest BCUT2D eigenvalue weighted by Crippen LogP contribution is 2.36. The highest BCUT2D eigenvalue weighted by Gasteiger charge is 2.22. The number of nitrogens with zero attached hydrogens (tertiary/aromatic N) is 1. The van der Waals surface area contributed by atoms with Crippen LogP contribution in [0, 0.1) is 0 Å². The van der Waals surface area contributed by atoms with Gasteiger partial charge in [0.05, 0.1) is 18.4 Å². The van der Waals surface area contributed by atoms with Crippen molar-refractivity contribution in [2.24, 2.45) is 0 Å². The van der Waals surface area contributed by atoms with E-state index in [1.54, 1.807) is 4.57 Å². The van der Waals surface area contributed by atoms with E-state index in [1.165, 1.54) is 0 Å². The second kappa shape index (κ2) is 11.1. The zero-order valence-corrected chi connectivity index (χ0v) is 18.5. The highest BCUT2D eigenvalue weighted by molar-refractivity contribution is 5.56. The lowest BCUT2D eigenvalue weighted by Crippen LogP contribution is -2.35. The molecule has 1 heterocycles. The Hall–Kier alpha value is -2.64. The van der Waals surface area contributed by atoms with Gasteiger partial charge in [0, 0.05) is 30.3 Å². The minimum atomic E-state index is -0.0325. The number of ether oxygens (including phenoxy) is 1. The van der Waals surface area contributed by atoms with Gasteiger partial charge < -0.3 is 30.7 Å². The molecule has 0 saturated carbocycles. The molecule has 7 nitrogen and oxygen atoms in total. The quantitative estimate of drug-likeness (QED) is 0.263. The smallest absolute Gasteiger partial charge is 0.197 e. The average Bonchev–Trinajstić information content (AvgIpc) is 3.01. The molecule has 2 aromatic rings. The number of aliphatic hydroxyl groups is 1. The number of aliphatic hydroxyl groups excluding tert-OH is 1. The summed E-state index contributed by atoms with van der Waals surface area (Å²) in [5.41, 5.74) is 2.60. The van der Waals surface area contributed by atoms with Gasteiger partial charge in [-0.1, -0.05) is 24.3 Å². The largest absolute Gasteiger partial charge is 0.494 e. The fraction of sp³-hybridized carbons (Fsp3) is 0.500. The molecule has 1 aliphatic rings. The van der Waals surface area contributed by atoms with E-state index in [0.717, 1.165) is 35.4 Å². The zero-order valence-electron chi connectivity index (χ0n) is 18.5. The van der Waals surface area contributed by atoms with Crippen LogP contribution in [0.15, 0.2) is 36.4 Å². The van der Waals surface area contributed by atoms with E-state index in [1.807, 2.05) is 50.3 Å². The number of rotatable bonds is 12. The van der Waals surface area contributed by atoms with E-state index in [4.69, 9.17) is 4.74 Å². The predicted molar refractivity (Wildman–Crippen MR) is 123 cm³/mol. The van der Waals surface area contributed by atoms with Gasteiger partial charge in [-0.15, -0.1) is 0 Å². The third-order valence-corrected chi connectivity index (χ3v) is 5.50. The molecule has 0 amide bonds. The summed E-state index contributed by atoms with van der Waals surface area (Å²) in [5.74, 6) is 1.17. The van der Waals surface area contributed by atoms with Crippen LogP contribution in [0.5, 0.6) is 17.5 Å². The van der Waals surface area contributed by atoms with Crippen molar-refractivity contribution in [3.63, 3.8) is 0 Å². The van der Waals surface area contributed by atoms with Crippen molar-refractivity contribution in [1.29, 1.82) is 0 Å². The van der Waals surface area contributed by atoms with E-state index in [-0.39, 0.29) is 30.5 Å². The summed E-state index contributed by atoms with van der Waals surface area (Å²) in [4.78, 5) is 0. The molecular formula is C24H35N3O4. The molecule has 1 unspecified atom stereocenters. The zero-order chi connectivity index (χ0) is 22.2. The van der Waals surface area contributed by atoms with Gasteiger partial charge in [0.2, 0.25) is 0 Å². The number of nitrogens with one attached hydrogen (secondary N) is 2. The van der Waals surface area contributed by atoms with Gasteiger partial charge in [-0.3, -0.25) is 4.57 Å². The molecule has 0 fully saturated rings.